The van der Waals surface area contributed by atoms with Gasteiger partial charge in [-0.25, -0.2) is 0 Å². The first-order valence-corrected chi connectivity index (χ1v) is 6.78. The maximum absolute atomic E-state index is 11.5. The first-order chi connectivity index (χ1) is 9.94. The quantitative estimate of drug-likeness (QED) is 0.360. The van der Waals surface area contributed by atoms with Gasteiger partial charge in [0.05, 0.1) is 37.2 Å². The molecular weight excluding hydrogens is 298 g/mol. The van der Waals surface area contributed by atoms with E-state index in [1.165, 1.54) is 26.4 Å². The predicted molar refractivity (Wildman–Crippen MR) is 79.2 cm³/mol. The van der Waals surface area contributed by atoms with E-state index >= 15 is 0 Å². The van der Waals surface area contributed by atoms with E-state index in [-0.39, 0.29) is 23.4 Å². The zero-order chi connectivity index (χ0) is 16.0. The van der Waals surface area contributed by atoms with Crippen molar-refractivity contribution < 1.29 is 23.9 Å². The van der Waals surface area contributed by atoms with Crippen molar-refractivity contribution in [1.29, 1.82) is 0 Å². The summed E-state index contributed by atoms with van der Waals surface area (Å²) in [5.74, 6) is 0.443. The lowest BCUT2D eigenvalue weighted by Gasteiger charge is -2.16. The molecule has 0 saturated carbocycles. The van der Waals surface area contributed by atoms with Crippen LogP contribution in [0, 0.1) is 10.1 Å². The third-order valence-electron chi connectivity index (χ3n) is 2.79. The first kappa shape index (κ1) is 17.1. The highest BCUT2D eigenvalue weighted by Crippen LogP contribution is 2.38. The van der Waals surface area contributed by atoms with Crippen molar-refractivity contribution in [2.24, 2.45) is 0 Å². The van der Waals surface area contributed by atoms with Crippen molar-refractivity contribution >= 4 is 24.3 Å². The molecule has 0 aliphatic rings. The van der Waals surface area contributed by atoms with Gasteiger partial charge in [0.15, 0.2) is 11.5 Å². The average molecular weight is 315 g/mol. The number of benzene rings is 1. The van der Waals surface area contributed by atoms with Crippen LogP contribution in [0.15, 0.2) is 12.1 Å². The molecular formula is C13H17NO6S. The Bertz CT molecular complexity index is 534. The Morgan fingerprint density at radius 2 is 1.90 bits per heavy atom. The molecule has 1 atom stereocenters. The van der Waals surface area contributed by atoms with Gasteiger partial charge in [0.2, 0.25) is 0 Å². The van der Waals surface area contributed by atoms with Crippen LogP contribution in [0.2, 0.25) is 0 Å². The molecule has 0 spiro atoms. The van der Waals surface area contributed by atoms with Crippen LogP contribution in [0.1, 0.15) is 25.0 Å². The van der Waals surface area contributed by atoms with Crippen molar-refractivity contribution in [1.82, 2.24) is 0 Å². The molecule has 0 heterocycles. The summed E-state index contributed by atoms with van der Waals surface area (Å²) in [5.41, 5.74) is 0.0454. The second-order valence-electron chi connectivity index (χ2n) is 4.13. The fourth-order valence-corrected chi connectivity index (χ4v) is 1.96. The van der Waals surface area contributed by atoms with Crippen molar-refractivity contribution in [3.8, 4) is 11.5 Å². The Hall–Kier alpha value is -1.96. The van der Waals surface area contributed by atoms with Crippen LogP contribution < -0.4 is 9.47 Å². The fourth-order valence-electron chi connectivity index (χ4n) is 1.78. The summed E-state index contributed by atoms with van der Waals surface area (Å²) in [6.45, 7) is 1.56. The van der Waals surface area contributed by atoms with Crippen molar-refractivity contribution in [3.05, 3.63) is 27.8 Å². The Labute approximate surface area is 127 Å². The molecule has 0 aliphatic carbocycles. The summed E-state index contributed by atoms with van der Waals surface area (Å²) < 4.78 is 15.3. The molecule has 0 amide bonds. The second kappa shape index (κ2) is 7.72. The lowest BCUT2D eigenvalue weighted by atomic mass is 10.1. The smallest absolute Gasteiger partial charge is 0.307 e. The van der Waals surface area contributed by atoms with E-state index in [0.717, 1.165) is 0 Å². The van der Waals surface area contributed by atoms with Crippen LogP contribution >= 0.6 is 12.6 Å². The molecule has 0 radical (unpaired) electrons. The molecule has 8 heteroatoms. The van der Waals surface area contributed by atoms with Crippen LogP contribution in [0.5, 0.6) is 11.5 Å². The molecule has 0 saturated heterocycles. The Kier molecular flexibility index (Phi) is 6.29. The van der Waals surface area contributed by atoms with E-state index in [2.05, 4.69) is 12.6 Å². The summed E-state index contributed by atoms with van der Waals surface area (Å²) in [4.78, 5) is 22.1. The maximum atomic E-state index is 11.5. The molecule has 116 valence electrons. The first-order valence-electron chi connectivity index (χ1n) is 6.15. The van der Waals surface area contributed by atoms with Gasteiger partial charge in [0.25, 0.3) is 5.69 Å². The largest absolute Gasteiger partial charge is 0.493 e. The van der Waals surface area contributed by atoms with Gasteiger partial charge in [-0.05, 0) is 13.0 Å². The normalized spacial score (nSPS) is 11.6. The van der Waals surface area contributed by atoms with Gasteiger partial charge < -0.3 is 14.2 Å². The van der Waals surface area contributed by atoms with Gasteiger partial charge in [-0.1, -0.05) is 0 Å². The zero-order valence-electron chi connectivity index (χ0n) is 12.0. The number of esters is 1. The van der Waals surface area contributed by atoms with Gasteiger partial charge >= 0.3 is 5.97 Å². The van der Waals surface area contributed by atoms with Crippen molar-refractivity contribution in [3.63, 3.8) is 0 Å². The SMILES string of the molecule is COc1cc(C(C)OC(=O)CCS)c([N+](=O)[O-])cc1OC. The van der Waals surface area contributed by atoms with E-state index < -0.39 is 17.0 Å². The molecule has 21 heavy (non-hydrogen) atoms. The number of carbonyl (C=O) groups excluding carboxylic acids is 1. The van der Waals surface area contributed by atoms with E-state index in [1.54, 1.807) is 6.92 Å². The number of rotatable bonds is 7. The number of carbonyl (C=O) groups is 1. The number of ether oxygens (including phenoxy) is 3. The standard InChI is InChI=1S/C13H17NO6S/c1-8(20-13(15)4-5-21)9-6-11(18-2)12(19-3)7-10(9)14(16)17/h6-8,21H,4-5H2,1-3H3. The summed E-state index contributed by atoms with van der Waals surface area (Å²) in [7, 11) is 2.81. The number of hydrogen-bond donors (Lipinski definition) is 1. The third kappa shape index (κ3) is 4.25. The molecule has 0 aliphatic heterocycles. The Balaban J connectivity index is 3.19. The van der Waals surface area contributed by atoms with Gasteiger partial charge in [-0.2, -0.15) is 12.6 Å². The average Bonchev–Trinajstić information content (AvgIpc) is 2.45. The van der Waals surface area contributed by atoms with Crippen molar-refractivity contribution in [2.75, 3.05) is 20.0 Å². The van der Waals surface area contributed by atoms with Crippen LogP contribution in [-0.4, -0.2) is 30.9 Å². The lowest BCUT2D eigenvalue weighted by Crippen LogP contribution is -2.11. The summed E-state index contributed by atoms with van der Waals surface area (Å²) >= 11 is 3.93. The molecule has 7 nitrogen and oxygen atoms in total. The number of nitro benzene ring substituents is 1. The number of hydrogen-bond acceptors (Lipinski definition) is 7. The number of nitrogens with zero attached hydrogens (tertiary/aromatic N) is 1. The minimum atomic E-state index is -0.780. The van der Waals surface area contributed by atoms with Crippen LogP contribution in [-0.2, 0) is 9.53 Å². The van der Waals surface area contributed by atoms with Gasteiger partial charge in [-0.15, -0.1) is 0 Å². The summed E-state index contributed by atoms with van der Waals surface area (Å²) in [6.07, 6.45) is -0.647. The molecule has 1 rings (SSSR count). The molecule has 0 bridgehead atoms. The fraction of sp³-hybridized carbons (Fsp3) is 0.462. The second-order valence-corrected chi connectivity index (χ2v) is 4.58. The Morgan fingerprint density at radius 1 is 1.33 bits per heavy atom. The highest BCUT2D eigenvalue weighted by atomic mass is 32.1. The van der Waals surface area contributed by atoms with E-state index in [0.29, 0.717) is 11.5 Å². The van der Waals surface area contributed by atoms with E-state index in [4.69, 9.17) is 14.2 Å². The van der Waals surface area contributed by atoms with Crippen LogP contribution in [0.25, 0.3) is 0 Å². The number of methoxy groups -OCH3 is 2. The summed E-state index contributed by atoms with van der Waals surface area (Å²) in [6, 6.07) is 2.69. The monoisotopic (exact) mass is 315 g/mol. The molecule has 0 fully saturated rings. The van der Waals surface area contributed by atoms with E-state index in [9.17, 15) is 14.9 Å². The minimum absolute atomic E-state index is 0.133. The van der Waals surface area contributed by atoms with Crippen LogP contribution in [0.3, 0.4) is 0 Å². The lowest BCUT2D eigenvalue weighted by molar-refractivity contribution is -0.386. The third-order valence-corrected chi connectivity index (χ3v) is 3.02. The van der Waals surface area contributed by atoms with Gasteiger partial charge in [-0.3, -0.25) is 14.9 Å². The number of nitro groups is 1. The topological polar surface area (TPSA) is 87.9 Å². The Morgan fingerprint density at radius 3 is 2.38 bits per heavy atom. The zero-order valence-corrected chi connectivity index (χ0v) is 12.9. The van der Waals surface area contributed by atoms with Crippen LogP contribution in [0.4, 0.5) is 5.69 Å². The molecule has 1 aromatic carbocycles. The minimum Gasteiger partial charge on any atom is -0.493 e. The van der Waals surface area contributed by atoms with Crippen molar-refractivity contribution in [2.45, 2.75) is 19.4 Å². The highest BCUT2D eigenvalue weighted by Gasteiger charge is 2.25. The number of thiol groups is 1. The molecule has 1 aromatic rings. The maximum Gasteiger partial charge on any atom is 0.307 e. The highest BCUT2D eigenvalue weighted by molar-refractivity contribution is 7.80. The van der Waals surface area contributed by atoms with Gasteiger partial charge in [0, 0.05) is 5.75 Å². The molecule has 1 unspecified atom stereocenters. The summed E-state index contributed by atoms with van der Waals surface area (Å²) in [5, 5.41) is 11.2. The van der Waals surface area contributed by atoms with E-state index in [1.807, 2.05) is 0 Å². The molecule has 0 N–H and O–H groups in total. The predicted octanol–water partition coefficient (Wildman–Crippen LogP) is 2.54. The molecule has 0 aromatic heterocycles. The van der Waals surface area contributed by atoms with Gasteiger partial charge in [0.1, 0.15) is 6.10 Å².